The molecule has 1 aliphatic rings. The third kappa shape index (κ3) is 2.12. The number of nitrogens with zero attached hydrogens (tertiary/aromatic N) is 1. The molecule has 1 amide bonds. The van der Waals surface area contributed by atoms with E-state index in [0.717, 1.165) is 0 Å². The Kier molecular flexibility index (Phi) is 2.62. The average Bonchev–Trinajstić information content (AvgIpc) is 2.59. The largest absolute Gasteiger partial charge is 0.447 e. The van der Waals surface area contributed by atoms with Gasteiger partial charge >= 0.3 is 6.09 Å². The van der Waals surface area contributed by atoms with Gasteiger partial charge in [0, 0.05) is 13.1 Å². The van der Waals surface area contributed by atoms with Crippen molar-refractivity contribution in [3.05, 3.63) is 35.4 Å². The van der Waals surface area contributed by atoms with Gasteiger partial charge in [0.1, 0.15) is 0 Å². The first-order valence-corrected chi connectivity index (χ1v) is 5.19. The van der Waals surface area contributed by atoms with Crippen molar-refractivity contribution < 1.29 is 9.53 Å². The van der Waals surface area contributed by atoms with Gasteiger partial charge in [-0.05, 0) is 25.0 Å². The maximum Gasteiger partial charge on any atom is 0.410 e. The van der Waals surface area contributed by atoms with Gasteiger partial charge in [0.15, 0.2) is 0 Å². The van der Waals surface area contributed by atoms with Crippen molar-refractivity contribution in [3.63, 3.8) is 0 Å². The van der Waals surface area contributed by atoms with Crippen LogP contribution in [0.5, 0.6) is 0 Å². The highest BCUT2D eigenvalue weighted by molar-refractivity contribution is 5.69. The topological polar surface area (TPSA) is 29.5 Å². The van der Waals surface area contributed by atoms with Crippen molar-refractivity contribution in [2.45, 2.75) is 33.0 Å². The maximum absolute atomic E-state index is 11.6. The second-order valence-corrected chi connectivity index (χ2v) is 4.06. The van der Waals surface area contributed by atoms with E-state index in [-0.39, 0.29) is 12.2 Å². The van der Waals surface area contributed by atoms with E-state index < -0.39 is 0 Å². The molecular formula is C12H15NO2. The van der Waals surface area contributed by atoms with Crippen LogP contribution < -0.4 is 0 Å². The highest BCUT2D eigenvalue weighted by Crippen LogP contribution is 2.22. The standard InChI is InChI=1S/C12H15NO2/c1-9(2)15-12(14)13-7-10-5-3-4-6-11(10)8-13/h3-6,9H,7-8H2,1-2H3. The van der Waals surface area contributed by atoms with E-state index >= 15 is 0 Å². The molecule has 0 radical (unpaired) electrons. The lowest BCUT2D eigenvalue weighted by Crippen LogP contribution is -2.28. The summed E-state index contributed by atoms with van der Waals surface area (Å²) in [6.45, 7) is 5.06. The number of fused-ring (bicyclic) bond motifs is 1. The van der Waals surface area contributed by atoms with Crippen LogP contribution in [0.4, 0.5) is 4.79 Å². The van der Waals surface area contributed by atoms with Gasteiger partial charge in [-0.25, -0.2) is 4.79 Å². The molecule has 0 bridgehead atoms. The summed E-state index contributed by atoms with van der Waals surface area (Å²) in [5.41, 5.74) is 2.44. The van der Waals surface area contributed by atoms with E-state index in [1.54, 1.807) is 4.90 Å². The Bertz CT molecular complexity index is 349. The summed E-state index contributed by atoms with van der Waals surface area (Å²) in [4.78, 5) is 13.4. The molecule has 2 rings (SSSR count). The lowest BCUT2D eigenvalue weighted by molar-refractivity contribution is 0.0760. The predicted molar refractivity (Wildman–Crippen MR) is 57.3 cm³/mol. The smallest absolute Gasteiger partial charge is 0.410 e. The van der Waals surface area contributed by atoms with E-state index in [2.05, 4.69) is 12.1 Å². The summed E-state index contributed by atoms with van der Waals surface area (Å²) in [6, 6.07) is 8.10. The SMILES string of the molecule is CC(C)OC(=O)N1Cc2ccccc2C1. The molecule has 0 unspecified atom stereocenters. The van der Waals surface area contributed by atoms with Crippen molar-refractivity contribution >= 4 is 6.09 Å². The third-order valence-electron chi connectivity index (χ3n) is 2.44. The fourth-order valence-corrected chi connectivity index (χ4v) is 1.74. The lowest BCUT2D eigenvalue weighted by Gasteiger charge is -2.17. The molecule has 1 heterocycles. The van der Waals surface area contributed by atoms with Crippen molar-refractivity contribution in [1.82, 2.24) is 4.90 Å². The van der Waals surface area contributed by atoms with Gasteiger partial charge in [0.25, 0.3) is 0 Å². The number of carbonyl (C=O) groups is 1. The highest BCUT2D eigenvalue weighted by Gasteiger charge is 2.24. The van der Waals surface area contributed by atoms with Crippen LogP contribution in [0.3, 0.4) is 0 Å². The quantitative estimate of drug-likeness (QED) is 0.705. The van der Waals surface area contributed by atoms with Crippen LogP contribution in [-0.4, -0.2) is 17.1 Å². The Labute approximate surface area is 89.7 Å². The summed E-state index contributed by atoms with van der Waals surface area (Å²) < 4.78 is 5.15. The first-order chi connectivity index (χ1) is 7.16. The number of rotatable bonds is 1. The number of hydrogen-bond donors (Lipinski definition) is 0. The summed E-state index contributed by atoms with van der Waals surface area (Å²) in [7, 11) is 0. The van der Waals surface area contributed by atoms with E-state index in [0.29, 0.717) is 13.1 Å². The van der Waals surface area contributed by atoms with Gasteiger partial charge in [-0.1, -0.05) is 24.3 Å². The van der Waals surface area contributed by atoms with Crippen LogP contribution in [0, 0.1) is 0 Å². The number of hydrogen-bond acceptors (Lipinski definition) is 2. The van der Waals surface area contributed by atoms with E-state index in [1.165, 1.54) is 11.1 Å². The zero-order valence-electron chi connectivity index (χ0n) is 9.06. The monoisotopic (exact) mass is 205 g/mol. The van der Waals surface area contributed by atoms with Crippen LogP contribution in [0.2, 0.25) is 0 Å². The molecule has 3 nitrogen and oxygen atoms in total. The third-order valence-corrected chi connectivity index (χ3v) is 2.44. The van der Waals surface area contributed by atoms with Crippen LogP contribution >= 0.6 is 0 Å². The second kappa shape index (κ2) is 3.93. The Morgan fingerprint density at radius 1 is 1.27 bits per heavy atom. The minimum Gasteiger partial charge on any atom is -0.447 e. The first kappa shape index (κ1) is 10.0. The molecule has 0 atom stereocenters. The maximum atomic E-state index is 11.6. The molecule has 1 aromatic rings. The Balaban J connectivity index is 2.04. The molecular weight excluding hydrogens is 190 g/mol. The van der Waals surface area contributed by atoms with Gasteiger partial charge in [-0.3, -0.25) is 4.90 Å². The molecule has 0 fully saturated rings. The average molecular weight is 205 g/mol. The normalized spacial score (nSPS) is 14.2. The molecule has 0 saturated carbocycles. The fraction of sp³-hybridized carbons (Fsp3) is 0.417. The molecule has 15 heavy (non-hydrogen) atoms. The van der Waals surface area contributed by atoms with Crippen LogP contribution in [0.1, 0.15) is 25.0 Å². The van der Waals surface area contributed by atoms with Gasteiger partial charge in [-0.2, -0.15) is 0 Å². The summed E-state index contributed by atoms with van der Waals surface area (Å²) >= 11 is 0. The van der Waals surface area contributed by atoms with Gasteiger partial charge in [-0.15, -0.1) is 0 Å². The van der Waals surface area contributed by atoms with Crippen LogP contribution in [0.15, 0.2) is 24.3 Å². The Hall–Kier alpha value is -1.51. The first-order valence-electron chi connectivity index (χ1n) is 5.19. The van der Waals surface area contributed by atoms with Crippen LogP contribution in [-0.2, 0) is 17.8 Å². The molecule has 3 heteroatoms. The van der Waals surface area contributed by atoms with Crippen molar-refractivity contribution in [2.75, 3.05) is 0 Å². The molecule has 1 aromatic carbocycles. The minimum absolute atomic E-state index is 0.0544. The van der Waals surface area contributed by atoms with Gasteiger partial charge in [0.05, 0.1) is 6.10 Å². The molecule has 1 aliphatic heterocycles. The zero-order valence-corrected chi connectivity index (χ0v) is 9.06. The zero-order chi connectivity index (χ0) is 10.8. The molecule has 80 valence electrons. The van der Waals surface area contributed by atoms with E-state index in [4.69, 9.17) is 4.74 Å². The molecule has 0 aromatic heterocycles. The van der Waals surface area contributed by atoms with Crippen molar-refractivity contribution in [2.24, 2.45) is 0 Å². The number of benzene rings is 1. The van der Waals surface area contributed by atoms with E-state index in [9.17, 15) is 4.79 Å². The summed E-state index contributed by atoms with van der Waals surface area (Å²) in [6.07, 6.45) is -0.276. The van der Waals surface area contributed by atoms with Crippen LogP contribution in [0.25, 0.3) is 0 Å². The van der Waals surface area contributed by atoms with E-state index in [1.807, 2.05) is 26.0 Å². The summed E-state index contributed by atoms with van der Waals surface area (Å²) in [5.74, 6) is 0. The molecule has 0 spiro atoms. The minimum atomic E-state index is -0.221. The molecule has 0 aliphatic carbocycles. The van der Waals surface area contributed by atoms with Crippen molar-refractivity contribution in [1.29, 1.82) is 0 Å². The second-order valence-electron chi connectivity index (χ2n) is 4.06. The Morgan fingerprint density at radius 3 is 2.27 bits per heavy atom. The number of amides is 1. The molecule has 0 saturated heterocycles. The molecule has 0 N–H and O–H groups in total. The fourth-order valence-electron chi connectivity index (χ4n) is 1.74. The number of carbonyl (C=O) groups excluding carboxylic acids is 1. The van der Waals surface area contributed by atoms with Gasteiger partial charge < -0.3 is 4.74 Å². The van der Waals surface area contributed by atoms with Crippen molar-refractivity contribution in [3.8, 4) is 0 Å². The summed E-state index contributed by atoms with van der Waals surface area (Å²) in [5, 5.41) is 0. The highest BCUT2D eigenvalue weighted by atomic mass is 16.6. The lowest BCUT2D eigenvalue weighted by atomic mass is 10.1. The predicted octanol–water partition coefficient (Wildman–Crippen LogP) is 2.55. The number of ether oxygens (including phenoxy) is 1. The Morgan fingerprint density at radius 2 is 1.80 bits per heavy atom. The van der Waals surface area contributed by atoms with Gasteiger partial charge in [0.2, 0.25) is 0 Å².